The lowest BCUT2D eigenvalue weighted by atomic mass is 10.2. The summed E-state index contributed by atoms with van der Waals surface area (Å²) in [5.41, 5.74) is -0.498. The third-order valence-electron chi connectivity index (χ3n) is 1.59. The van der Waals surface area contributed by atoms with Crippen molar-refractivity contribution >= 4 is 11.9 Å². The summed E-state index contributed by atoms with van der Waals surface area (Å²) < 4.78 is 5.10. The van der Waals surface area contributed by atoms with Crippen LogP contribution in [0.25, 0.3) is 0 Å². The number of ketones is 1. The number of rotatable bonds is 4. The number of hydrogen-bond donors (Lipinski definition) is 1. The Balaban J connectivity index is 4.06. The van der Waals surface area contributed by atoms with E-state index in [0.29, 0.717) is 0 Å². The van der Waals surface area contributed by atoms with Gasteiger partial charge >= 0.3 is 6.09 Å². The molecule has 17 heavy (non-hydrogen) atoms. The molecule has 0 radical (unpaired) electrons. The normalized spacial score (nSPS) is 13.9. The highest BCUT2D eigenvalue weighted by molar-refractivity contribution is 5.87. The molecule has 0 saturated heterocycles. The Morgan fingerprint density at radius 3 is 2.29 bits per heavy atom. The summed E-state index contributed by atoms with van der Waals surface area (Å²) in [5.74, 6) is -0.0117. The van der Waals surface area contributed by atoms with Gasteiger partial charge in [-0.25, -0.2) is 4.79 Å². The summed E-state index contributed by atoms with van der Waals surface area (Å²) >= 11 is 0. The van der Waals surface area contributed by atoms with E-state index in [0.717, 1.165) is 0 Å². The summed E-state index contributed by atoms with van der Waals surface area (Å²) in [6.07, 6.45) is 6.12. The van der Waals surface area contributed by atoms with Crippen molar-refractivity contribution in [1.29, 1.82) is 0 Å². The average Bonchev–Trinajstić information content (AvgIpc) is 2.08. The first-order valence-electron chi connectivity index (χ1n) is 5.55. The fourth-order valence-corrected chi connectivity index (χ4v) is 0.963. The first-order valence-corrected chi connectivity index (χ1v) is 5.55. The average molecular weight is 239 g/mol. The van der Waals surface area contributed by atoms with Crippen LogP contribution in [0.1, 0.15) is 34.6 Å². The van der Waals surface area contributed by atoms with Gasteiger partial charge in [-0.1, -0.05) is 18.2 Å². The molecule has 0 heterocycles. The summed E-state index contributed by atoms with van der Waals surface area (Å²) in [7, 11) is 0. The summed E-state index contributed by atoms with van der Waals surface area (Å²) in [5, 5.41) is 2.66. The quantitative estimate of drug-likeness (QED) is 0.606. The second kappa shape index (κ2) is 6.89. The lowest BCUT2D eigenvalue weighted by Crippen LogP contribution is -2.36. The lowest BCUT2D eigenvalue weighted by Gasteiger charge is -2.20. The molecule has 4 nitrogen and oxygen atoms in total. The zero-order chi connectivity index (χ0) is 13.5. The lowest BCUT2D eigenvalue weighted by molar-refractivity contribution is -0.112. The monoisotopic (exact) mass is 239 g/mol. The summed E-state index contributed by atoms with van der Waals surface area (Å²) in [6.45, 7) is 8.72. The van der Waals surface area contributed by atoms with Crippen molar-refractivity contribution in [2.75, 3.05) is 0 Å². The van der Waals surface area contributed by atoms with Crippen molar-refractivity contribution in [3.05, 3.63) is 24.3 Å². The largest absolute Gasteiger partial charge is 0.444 e. The van der Waals surface area contributed by atoms with Crippen LogP contribution in [-0.2, 0) is 9.53 Å². The second-order valence-corrected chi connectivity index (χ2v) is 4.79. The van der Waals surface area contributed by atoms with Gasteiger partial charge in [-0.15, -0.1) is 0 Å². The van der Waals surface area contributed by atoms with Gasteiger partial charge in [-0.3, -0.25) is 4.79 Å². The third kappa shape index (κ3) is 10.7. The van der Waals surface area contributed by atoms with E-state index < -0.39 is 11.7 Å². The van der Waals surface area contributed by atoms with Crippen molar-refractivity contribution in [1.82, 2.24) is 5.32 Å². The molecule has 1 amide bonds. The van der Waals surface area contributed by atoms with Crippen molar-refractivity contribution in [3.8, 4) is 0 Å². The Hall–Kier alpha value is -1.58. The number of amides is 1. The minimum Gasteiger partial charge on any atom is -0.444 e. The minimum atomic E-state index is -0.498. The number of hydrogen-bond acceptors (Lipinski definition) is 3. The van der Waals surface area contributed by atoms with Gasteiger partial charge in [0, 0.05) is 6.04 Å². The number of carbonyl (C=O) groups excluding carboxylic acids is 2. The Kier molecular flexibility index (Phi) is 6.25. The van der Waals surface area contributed by atoms with Gasteiger partial charge < -0.3 is 10.1 Å². The Bertz CT molecular complexity index is 324. The first kappa shape index (κ1) is 15.4. The number of allylic oxidation sites excluding steroid dienone is 3. The van der Waals surface area contributed by atoms with Gasteiger partial charge in [0.25, 0.3) is 0 Å². The molecule has 1 N–H and O–H groups in total. The standard InChI is InChI=1S/C13H21NO3/c1-10(8-6-7-9-11(2)15)14-12(16)17-13(3,4)5/h6-10H,1-5H3,(H,14,16)/b8-6+,9-7+/t10-/m0/s1. The highest BCUT2D eigenvalue weighted by atomic mass is 16.6. The van der Waals surface area contributed by atoms with Crippen LogP contribution >= 0.6 is 0 Å². The zero-order valence-electron chi connectivity index (χ0n) is 11.1. The fraction of sp³-hybridized carbons (Fsp3) is 0.538. The SMILES string of the molecule is CC(=O)/C=C/C=C/[C@H](C)NC(=O)OC(C)(C)C. The van der Waals surface area contributed by atoms with Crippen LogP contribution in [0.4, 0.5) is 4.79 Å². The van der Waals surface area contributed by atoms with Crippen LogP contribution in [-0.4, -0.2) is 23.5 Å². The summed E-state index contributed by atoms with van der Waals surface area (Å²) in [6, 6.07) is -0.151. The van der Waals surface area contributed by atoms with E-state index in [2.05, 4.69) is 5.32 Å². The highest BCUT2D eigenvalue weighted by Gasteiger charge is 2.16. The van der Waals surface area contributed by atoms with Crippen molar-refractivity contribution in [3.63, 3.8) is 0 Å². The van der Waals surface area contributed by atoms with Gasteiger partial charge in [0.1, 0.15) is 5.60 Å². The summed E-state index contributed by atoms with van der Waals surface area (Å²) in [4.78, 5) is 22.0. The van der Waals surface area contributed by atoms with Gasteiger partial charge in [-0.2, -0.15) is 0 Å². The van der Waals surface area contributed by atoms with Crippen LogP contribution in [0.15, 0.2) is 24.3 Å². The van der Waals surface area contributed by atoms with Crippen molar-refractivity contribution in [2.45, 2.75) is 46.3 Å². The van der Waals surface area contributed by atoms with E-state index in [-0.39, 0.29) is 11.8 Å². The molecule has 0 fully saturated rings. The van der Waals surface area contributed by atoms with Crippen LogP contribution in [0.5, 0.6) is 0 Å². The highest BCUT2D eigenvalue weighted by Crippen LogP contribution is 2.06. The van der Waals surface area contributed by atoms with Crippen molar-refractivity contribution in [2.24, 2.45) is 0 Å². The molecule has 0 saturated carbocycles. The van der Waals surface area contributed by atoms with Crippen LogP contribution < -0.4 is 5.32 Å². The van der Waals surface area contributed by atoms with Gasteiger partial charge in [0.05, 0.1) is 0 Å². The molecule has 1 atom stereocenters. The molecule has 0 aliphatic carbocycles. The molecule has 0 rings (SSSR count). The van der Waals surface area contributed by atoms with Crippen LogP contribution in [0.3, 0.4) is 0 Å². The number of carbonyl (C=O) groups is 2. The van der Waals surface area contributed by atoms with E-state index in [1.165, 1.54) is 13.0 Å². The third-order valence-corrected chi connectivity index (χ3v) is 1.59. The molecular weight excluding hydrogens is 218 g/mol. The Morgan fingerprint density at radius 2 is 1.82 bits per heavy atom. The van der Waals surface area contributed by atoms with E-state index in [9.17, 15) is 9.59 Å². The van der Waals surface area contributed by atoms with E-state index in [1.807, 2.05) is 27.7 Å². The predicted molar refractivity (Wildman–Crippen MR) is 67.8 cm³/mol. The number of nitrogens with one attached hydrogen (secondary N) is 1. The fourth-order valence-electron chi connectivity index (χ4n) is 0.963. The maximum Gasteiger partial charge on any atom is 0.408 e. The van der Waals surface area contributed by atoms with Gasteiger partial charge in [0.2, 0.25) is 0 Å². The Labute approximate surface area is 103 Å². The van der Waals surface area contributed by atoms with Crippen LogP contribution in [0, 0.1) is 0 Å². The molecule has 0 bridgehead atoms. The van der Waals surface area contributed by atoms with E-state index >= 15 is 0 Å². The maximum absolute atomic E-state index is 11.4. The van der Waals surface area contributed by atoms with Gasteiger partial charge in [0.15, 0.2) is 5.78 Å². The molecule has 0 spiro atoms. The molecule has 0 aromatic heterocycles. The molecule has 0 aliphatic heterocycles. The molecule has 0 aromatic rings. The van der Waals surface area contributed by atoms with Crippen molar-refractivity contribution < 1.29 is 14.3 Å². The van der Waals surface area contributed by atoms with E-state index in [1.54, 1.807) is 18.2 Å². The first-order chi connectivity index (χ1) is 7.70. The topological polar surface area (TPSA) is 55.4 Å². The zero-order valence-corrected chi connectivity index (χ0v) is 11.1. The molecule has 4 heteroatoms. The molecule has 0 unspecified atom stereocenters. The van der Waals surface area contributed by atoms with Gasteiger partial charge in [-0.05, 0) is 40.7 Å². The predicted octanol–water partition coefficient (Wildman–Crippen LogP) is 2.60. The maximum atomic E-state index is 11.4. The van der Waals surface area contributed by atoms with E-state index in [4.69, 9.17) is 4.74 Å². The molecule has 96 valence electrons. The minimum absolute atomic E-state index is 0.0117. The van der Waals surface area contributed by atoms with Crippen LogP contribution in [0.2, 0.25) is 0 Å². The molecule has 0 aromatic carbocycles. The number of ether oxygens (including phenoxy) is 1. The Morgan fingerprint density at radius 1 is 1.24 bits per heavy atom. The molecule has 0 aliphatic rings. The number of alkyl carbamates (subject to hydrolysis) is 1. The smallest absolute Gasteiger partial charge is 0.408 e. The second-order valence-electron chi connectivity index (χ2n) is 4.79. The molecular formula is C13H21NO3.